The first-order valence-electron chi connectivity index (χ1n) is 7.53. The van der Waals surface area contributed by atoms with Gasteiger partial charge in [0.2, 0.25) is 10.0 Å². The summed E-state index contributed by atoms with van der Waals surface area (Å²) in [7, 11) is -3.97. The zero-order valence-corrected chi connectivity index (χ0v) is 14.8. The molecule has 0 unspecified atom stereocenters. The third-order valence-electron chi connectivity index (χ3n) is 3.50. The molecule has 0 saturated carbocycles. The second kappa shape index (κ2) is 7.88. The molecule has 1 aromatic heterocycles. The number of nitro groups is 1. The van der Waals surface area contributed by atoms with Gasteiger partial charge in [-0.25, -0.2) is 18.1 Å². The molecule has 0 aliphatic rings. The van der Waals surface area contributed by atoms with E-state index in [-0.39, 0.29) is 29.2 Å². The minimum Gasteiger partial charge on any atom is -0.368 e. The van der Waals surface area contributed by atoms with Crippen LogP contribution in [0.15, 0.2) is 41.4 Å². The Morgan fingerprint density at radius 2 is 1.93 bits per heavy atom. The van der Waals surface area contributed by atoms with Gasteiger partial charge in [-0.15, -0.1) is 0 Å². The third kappa shape index (κ3) is 5.14. The molecule has 146 valence electrons. The van der Waals surface area contributed by atoms with Crippen LogP contribution < -0.4 is 10.0 Å². The molecular formula is C15H15F3N4O4S. The number of sulfonamides is 1. The van der Waals surface area contributed by atoms with Gasteiger partial charge in [-0.3, -0.25) is 10.1 Å². The maximum absolute atomic E-state index is 12.9. The van der Waals surface area contributed by atoms with E-state index in [4.69, 9.17) is 0 Å². The Balaban J connectivity index is 2.01. The first-order valence-corrected chi connectivity index (χ1v) is 9.01. The molecular weight excluding hydrogens is 389 g/mol. The summed E-state index contributed by atoms with van der Waals surface area (Å²) in [6.45, 7) is 1.04. The van der Waals surface area contributed by atoms with Crippen molar-refractivity contribution >= 4 is 21.5 Å². The molecule has 1 aromatic carbocycles. The summed E-state index contributed by atoms with van der Waals surface area (Å²) in [5.74, 6) is -0.407. The topological polar surface area (TPSA) is 114 Å². The van der Waals surface area contributed by atoms with Crippen LogP contribution in [0.5, 0.6) is 0 Å². The lowest BCUT2D eigenvalue weighted by Crippen LogP contribution is -2.29. The largest absolute Gasteiger partial charge is 0.419 e. The van der Waals surface area contributed by atoms with Gasteiger partial charge in [-0.1, -0.05) is 0 Å². The van der Waals surface area contributed by atoms with Gasteiger partial charge in [0, 0.05) is 30.9 Å². The van der Waals surface area contributed by atoms with E-state index >= 15 is 0 Å². The Morgan fingerprint density at radius 3 is 2.52 bits per heavy atom. The van der Waals surface area contributed by atoms with Crippen LogP contribution in [0.25, 0.3) is 0 Å². The molecule has 27 heavy (non-hydrogen) atoms. The van der Waals surface area contributed by atoms with Gasteiger partial charge in [-0.05, 0) is 31.2 Å². The minimum atomic E-state index is -4.59. The van der Waals surface area contributed by atoms with Crippen molar-refractivity contribution in [3.8, 4) is 0 Å². The van der Waals surface area contributed by atoms with Gasteiger partial charge in [0.25, 0.3) is 5.69 Å². The molecule has 0 saturated heterocycles. The van der Waals surface area contributed by atoms with Crippen molar-refractivity contribution in [1.29, 1.82) is 0 Å². The van der Waals surface area contributed by atoms with Gasteiger partial charge in [0.15, 0.2) is 0 Å². The summed E-state index contributed by atoms with van der Waals surface area (Å²) in [5.41, 5.74) is -1.01. The number of nitrogens with zero attached hydrogens (tertiary/aromatic N) is 2. The predicted octanol–water partition coefficient (Wildman–Crippen LogP) is 2.71. The maximum atomic E-state index is 12.9. The quantitative estimate of drug-likeness (QED) is 0.417. The molecule has 2 rings (SSSR count). The van der Waals surface area contributed by atoms with Crippen molar-refractivity contribution in [2.24, 2.45) is 0 Å². The van der Waals surface area contributed by atoms with Crippen molar-refractivity contribution in [1.82, 2.24) is 9.71 Å². The molecule has 0 spiro atoms. The Hall–Kier alpha value is -2.73. The van der Waals surface area contributed by atoms with Gasteiger partial charge < -0.3 is 5.32 Å². The highest BCUT2D eigenvalue weighted by Crippen LogP contribution is 2.33. The first kappa shape index (κ1) is 20.6. The summed E-state index contributed by atoms with van der Waals surface area (Å²) < 4.78 is 65.2. The lowest BCUT2D eigenvalue weighted by molar-refractivity contribution is -0.385. The monoisotopic (exact) mass is 404 g/mol. The highest BCUT2D eigenvalue weighted by molar-refractivity contribution is 7.89. The number of nitrogens with one attached hydrogen (secondary N) is 2. The normalized spacial score (nSPS) is 12.0. The Labute approximate surface area is 152 Å². The molecule has 8 nitrogen and oxygen atoms in total. The number of aryl methyl sites for hydroxylation is 1. The van der Waals surface area contributed by atoms with E-state index in [1.165, 1.54) is 13.1 Å². The van der Waals surface area contributed by atoms with Crippen molar-refractivity contribution in [2.45, 2.75) is 18.0 Å². The third-order valence-corrected chi connectivity index (χ3v) is 4.96. The number of benzene rings is 1. The molecule has 0 fully saturated rings. The fourth-order valence-electron chi connectivity index (χ4n) is 2.22. The van der Waals surface area contributed by atoms with Crippen LogP contribution in [0.2, 0.25) is 0 Å². The lowest BCUT2D eigenvalue weighted by Gasteiger charge is -2.13. The van der Waals surface area contributed by atoms with E-state index in [9.17, 15) is 31.7 Å². The maximum Gasteiger partial charge on any atom is 0.419 e. The second-order valence-electron chi connectivity index (χ2n) is 5.43. The molecule has 0 amide bonds. The summed E-state index contributed by atoms with van der Waals surface area (Å²) in [6.07, 6.45) is -3.41. The number of aromatic nitrogens is 1. The molecule has 0 radical (unpaired) electrons. The van der Waals surface area contributed by atoms with Crippen LogP contribution in [0.1, 0.15) is 11.1 Å². The van der Waals surface area contributed by atoms with Crippen LogP contribution in [0, 0.1) is 17.0 Å². The molecule has 12 heteroatoms. The van der Waals surface area contributed by atoms with E-state index in [1.54, 1.807) is 0 Å². The van der Waals surface area contributed by atoms with E-state index < -0.39 is 32.5 Å². The zero-order chi connectivity index (χ0) is 20.2. The van der Waals surface area contributed by atoms with Gasteiger partial charge in [0.05, 0.1) is 15.4 Å². The molecule has 1 heterocycles. The average molecular weight is 404 g/mol. The van der Waals surface area contributed by atoms with E-state index in [1.807, 2.05) is 0 Å². The van der Waals surface area contributed by atoms with Crippen LogP contribution in [-0.4, -0.2) is 31.4 Å². The van der Waals surface area contributed by atoms with Crippen LogP contribution >= 0.6 is 0 Å². The van der Waals surface area contributed by atoms with Gasteiger partial charge >= 0.3 is 6.18 Å². The van der Waals surface area contributed by atoms with Gasteiger partial charge in [-0.2, -0.15) is 13.2 Å². The number of anilines is 1. The van der Waals surface area contributed by atoms with Gasteiger partial charge in [0.1, 0.15) is 5.82 Å². The van der Waals surface area contributed by atoms with E-state index in [2.05, 4.69) is 15.0 Å². The summed E-state index contributed by atoms with van der Waals surface area (Å²) in [5, 5.41) is 13.2. The Morgan fingerprint density at radius 1 is 1.22 bits per heavy atom. The summed E-state index contributed by atoms with van der Waals surface area (Å²) in [6, 6.07) is 5.31. The number of rotatable bonds is 7. The van der Waals surface area contributed by atoms with Crippen molar-refractivity contribution in [3.05, 3.63) is 57.8 Å². The number of pyridine rings is 1. The summed E-state index contributed by atoms with van der Waals surface area (Å²) in [4.78, 5) is 13.6. The number of halogens is 3. The number of hydrogen-bond acceptors (Lipinski definition) is 6. The zero-order valence-electron chi connectivity index (χ0n) is 13.9. The summed E-state index contributed by atoms with van der Waals surface area (Å²) >= 11 is 0. The van der Waals surface area contributed by atoms with Crippen molar-refractivity contribution < 1.29 is 26.5 Å². The van der Waals surface area contributed by atoms with Crippen molar-refractivity contribution in [2.75, 3.05) is 18.4 Å². The fraction of sp³-hybridized carbons (Fsp3) is 0.267. The molecule has 0 atom stereocenters. The average Bonchev–Trinajstić information content (AvgIpc) is 2.58. The first-order chi connectivity index (χ1) is 12.5. The predicted molar refractivity (Wildman–Crippen MR) is 90.8 cm³/mol. The Kier molecular flexibility index (Phi) is 6.01. The number of alkyl halides is 3. The van der Waals surface area contributed by atoms with Crippen LogP contribution in [0.3, 0.4) is 0 Å². The molecule has 0 bridgehead atoms. The molecule has 2 N–H and O–H groups in total. The van der Waals surface area contributed by atoms with Crippen LogP contribution in [-0.2, 0) is 16.2 Å². The minimum absolute atomic E-state index is 0.148. The highest BCUT2D eigenvalue weighted by Gasteiger charge is 2.34. The molecule has 0 aliphatic heterocycles. The number of hydrogen-bond donors (Lipinski definition) is 2. The SMILES string of the molecule is Cc1cc(S(=O)(=O)NCCNc2ncccc2C(F)(F)F)ccc1[N+](=O)[O-]. The molecule has 2 aromatic rings. The van der Waals surface area contributed by atoms with Crippen LogP contribution in [0.4, 0.5) is 24.7 Å². The smallest absolute Gasteiger partial charge is 0.368 e. The van der Waals surface area contributed by atoms with Crippen molar-refractivity contribution in [3.63, 3.8) is 0 Å². The fourth-order valence-corrected chi connectivity index (χ4v) is 3.34. The Bertz CT molecular complexity index is 948. The standard InChI is InChI=1S/C15H15F3N4O4S/c1-10-9-11(4-5-13(10)22(23)24)27(25,26)21-8-7-20-14-12(15(16,17)18)3-2-6-19-14/h2-6,9,21H,7-8H2,1H3,(H,19,20). The van der Waals surface area contributed by atoms with E-state index in [0.29, 0.717) is 0 Å². The highest BCUT2D eigenvalue weighted by atomic mass is 32.2. The molecule has 0 aliphatic carbocycles. The second-order valence-corrected chi connectivity index (χ2v) is 7.19. The lowest BCUT2D eigenvalue weighted by atomic mass is 10.2. The van der Waals surface area contributed by atoms with E-state index in [0.717, 1.165) is 30.3 Å². The number of nitro benzene ring substituents is 1.